The number of carbonyl (C=O) groups is 2. The molecule has 0 heterocycles. The summed E-state index contributed by atoms with van der Waals surface area (Å²) in [6.45, 7) is 4.27. The lowest BCUT2D eigenvalue weighted by atomic mass is 10.1. The molecule has 5 nitrogen and oxygen atoms in total. The predicted octanol–water partition coefficient (Wildman–Crippen LogP) is 1.60. The summed E-state index contributed by atoms with van der Waals surface area (Å²) in [5.41, 5.74) is 7.75. The van der Waals surface area contributed by atoms with Crippen molar-refractivity contribution in [3.63, 3.8) is 0 Å². The highest BCUT2D eigenvalue weighted by atomic mass is 16.5. The number of methoxy groups -OCH3 is 1. The number of aryl methyl sites for hydroxylation is 1. The van der Waals surface area contributed by atoms with Crippen LogP contribution in [0.15, 0.2) is 18.2 Å². The fourth-order valence-electron chi connectivity index (χ4n) is 1.73. The van der Waals surface area contributed by atoms with Gasteiger partial charge in [-0.1, -0.05) is 6.92 Å². The van der Waals surface area contributed by atoms with E-state index in [0.29, 0.717) is 17.8 Å². The molecule has 0 radical (unpaired) electrons. The van der Waals surface area contributed by atoms with Gasteiger partial charge < -0.3 is 15.4 Å². The summed E-state index contributed by atoms with van der Waals surface area (Å²) in [7, 11) is 1.31. The molecule has 0 aliphatic rings. The van der Waals surface area contributed by atoms with Gasteiger partial charge in [-0.3, -0.25) is 9.59 Å². The van der Waals surface area contributed by atoms with Crippen LogP contribution in [0.3, 0.4) is 0 Å². The molecular weight excluding hydrogens is 244 g/mol. The molecule has 0 atom stereocenters. The van der Waals surface area contributed by atoms with Crippen molar-refractivity contribution in [1.29, 1.82) is 0 Å². The van der Waals surface area contributed by atoms with Crippen LogP contribution in [-0.4, -0.2) is 37.0 Å². The van der Waals surface area contributed by atoms with Crippen LogP contribution < -0.4 is 5.73 Å². The first-order valence-electron chi connectivity index (χ1n) is 6.21. The van der Waals surface area contributed by atoms with E-state index in [2.05, 4.69) is 4.74 Å². The van der Waals surface area contributed by atoms with E-state index in [9.17, 15) is 9.59 Å². The van der Waals surface area contributed by atoms with Crippen molar-refractivity contribution >= 4 is 17.6 Å². The summed E-state index contributed by atoms with van der Waals surface area (Å²) in [4.78, 5) is 25.1. The van der Waals surface area contributed by atoms with E-state index >= 15 is 0 Å². The zero-order valence-electron chi connectivity index (χ0n) is 11.6. The smallest absolute Gasteiger partial charge is 0.325 e. The van der Waals surface area contributed by atoms with E-state index in [0.717, 1.165) is 12.0 Å². The maximum Gasteiger partial charge on any atom is 0.325 e. The topological polar surface area (TPSA) is 72.6 Å². The SMILES string of the molecule is CCCN(CC(=O)OC)C(=O)c1ccc(N)c(C)c1. The standard InChI is InChI=1S/C14H20N2O3/c1-4-7-16(9-13(17)19-3)14(18)11-5-6-12(15)10(2)8-11/h5-6,8H,4,7,9,15H2,1-3H3. The number of nitrogens with two attached hydrogens (primary N) is 1. The summed E-state index contributed by atoms with van der Waals surface area (Å²) in [6.07, 6.45) is 0.774. The Bertz CT molecular complexity index is 472. The van der Waals surface area contributed by atoms with Gasteiger partial charge in [-0.15, -0.1) is 0 Å². The lowest BCUT2D eigenvalue weighted by Gasteiger charge is -2.21. The average Bonchev–Trinajstić information content (AvgIpc) is 2.40. The van der Waals surface area contributed by atoms with Gasteiger partial charge in [-0.2, -0.15) is 0 Å². The number of nitrogen functional groups attached to an aromatic ring is 1. The molecule has 1 rings (SSSR count). The van der Waals surface area contributed by atoms with Crippen LogP contribution >= 0.6 is 0 Å². The number of hydrogen-bond donors (Lipinski definition) is 1. The van der Waals surface area contributed by atoms with E-state index in [1.165, 1.54) is 12.0 Å². The Morgan fingerprint density at radius 3 is 2.58 bits per heavy atom. The molecule has 2 N–H and O–H groups in total. The first-order valence-corrected chi connectivity index (χ1v) is 6.21. The zero-order valence-corrected chi connectivity index (χ0v) is 11.6. The van der Waals surface area contributed by atoms with Crippen molar-refractivity contribution < 1.29 is 14.3 Å². The first-order chi connectivity index (χ1) is 8.99. The van der Waals surface area contributed by atoms with Gasteiger partial charge in [0.25, 0.3) is 5.91 Å². The van der Waals surface area contributed by atoms with E-state index in [1.807, 2.05) is 13.8 Å². The van der Waals surface area contributed by atoms with Crippen molar-refractivity contribution in [2.24, 2.45) is 0 Å². The Hall–Kier alpha value is -2.04. The maximum absolute atomic E-state index is 12.3. The molecule has 0 saturated carbocycles. The number of hydrogen-bond acceptors (Lipinski definition) is 4. The Morgan fingerprint density at radius 2 is 2.05 bits per heavy atom. The molecule has 0 aliphatic heterocycles. The van der Waals surface area contributed by atoms with Crippen LogP contribution in [0, 0.1) is 6.92 Å². The summed E-state index contributed by atoms with van der Waals surface area (Å²) < 4.78 is 4.60. The molecule has 0 aliphatic carbocycles. The predicted molar refractivity (Wildman–Crippen MR) is 73.8 cm³/mol. The van der Waals surface area contributed by atoms with E-state index in [1.54, 1.807) is 18.2 Å². The molecular formula is C14H20N2O3. The minimum Gasteiger partial charge on any atom is -0.468 e. The molecule has 1 aromatic carbocycles. The minimum absolute atomic E-state index is 0.0351. The van der Waals surface area contributed by atoms with E-state index in [-0.39, 0.29) is 12.5 Å². The summed E-state index contributed by atoms with van der Waals surface area (Å²) in [5, 5.41) is 0. The number of anilines is 1. The number of carbonyl (C=O) groups excluding carboxylic acids is 2. The van der Waals surface area contributed by atoms with Crippen LogP contribution in [0.4, 0.5) is 5.69 Å². The Balaban J connectivity index is 2.91. The van der Waals surface area contributed by atoms with Crippen LogP contribution in [0.5, 0.6) is 0 Å². The third kappa shape index (κ3) is 3.98. The molecule has 0 unspecified atom stereocenters. The largest absolute Gasteiger partial charge is 0.468 e. The van der Waals surface area contributed by atoms with Crippen molar-refractivity contribution in [1.82, 2.24) is 4.90 Å². The Kier molecular flexibility index (Phi) is 5.36. The maximum atomic E-state index is 12.3. The molecule has 5 heteroatoms. The molecule has 0 aromatic heterocycles. The fraction of sp³-hybridized carbons (Fsp3) is 0.429. The zero-order chi connectivity index (χ0) is 14.4. The number of amides is 1. The van der Waals surface area contributed by atoms with Gasteiger partial charge in [0, 0.05) is 17.8 Å². The fourth-order valence-corrected chi connectivity index (χ4v) is 1.73. The van der Waals surface area contributed by atoms with Gasteiger partial charge in [0.2, 0.25) is 0 Å². The van der Waals surface area contributed by atoms with Gasteiger partial charge in [-0.25, -0.2) is 0 Å². The lowest BCUT2D eigenvalue weighted by molar-refractivity contribution is -0.141. The summed E-state index contributed by atoms with van der Waals surface area (Å²) in [6, 6.07) is 5.10. The molecule has 19 heavy (non-hydrogen) atoms. The van der Waals surface area contributed by atoms with Gasteiger partial charge >= 0.3 is 5.97 Å². The number of nitrogens with zero attached hydrogens (tertiary/aromatic N) is 1. The number of rotatable bonds is 5. The molecule has 1 amide bonds. The number of ether oxygens (including phenoxy) is 1. The van der Waals surface area contributed by atoms with Gasteiger partial charge in [0.1, 0.15) is 6.54 Å². The Labute approximate surface area is 113 Å². The quantitative estimate of drug-likeness (QED) is 0.647. The van der Waals surface area contributed by atoms with E-state index in [4.69, 9.17) is 5.73 Å². The normalized spacial score (nSPS) is 10.1. The van der Waals surface area contributed by atoms with Gasteiger partial charge in [-0.05, 0) is 37.1 Å². The highest BCUT2D eigenvalue weighted by Crippen LogP contribution is 2.14. The minimum atomic E-state index is -0.422. The van der Waals surface area contributed by atoms with Crippen LogP contribution in [0.1, 0.15) is 29.3 Å². The molecule has 0 fully saturated rings. The van der Waals surface area contributed by atoms with Crippen molar-refractivity contribution in [3.05, 3.63) is 29.3 Å². The van der Waals surface area contributed by atoms with Crippen LogP contribution in [-0.2, 0) is 9.53 Å². The monoisotopic (exact) mass is 264 g/mol. The third-order valence-electron chi connectivity index (χ3n) is 2.85. The Morgan fingerprint density at radius 1 is 1.37 bits per heavy atom. The van der Waals surface area contributed by atoms with Crippen molar-refractivity contribution in [2.75, 3.05) is 25.9 Å². The molecule has 0 bridgehead atoms. The molecule has 0 saturated heterocycles. The second kappa shape index (κ2) is 6.78. The van der Waals surface area contributed by atoms with Crippen molar-refractivity contribution in [3.8, 4) is 0 Å². The second-order valence-corrected chi connectivity index (χ2v) is 4.37. The third-order valence-corrected chi connectivity index (χ3v) is 2.85. The van der Waals surface area contributed by atoms with Gasteiger partial charge in [0.05, 0.1) is 7.11 Å². The van der Waals surface area contributed by atoms with Crippen molar-refractivity contribution in [2.45, 2.75) is 20.3 Å². The molecule has 104 valence electrons. The average molecular weight is 264 g/mol. The lowest BCUT2D eigenvalue weighted by Crippen LogP contribution is -2.36. The molecule has 1 aromatic rings. The summed E-state index contributed by atoms with van der Waals surface area (Å²) >= 11 is 0. The van der Waals surface area contributed by atoms with E-state index < -0.39 is 5.97 Å². The molecule has 0 spiro atoms. The summed E-state index contributed by atoms with van der Waals surface area (Å²) in [5.74, 6) is -0.607. The highest BCUT2D eigenvalue weighted by Gasteiger charge is 2.18. The number of esters is 1. The highest BCUT2D eigenvalue weighted by molar-refractivity contribution is 5.96. The first kappa shape index (κ1) is 15.0. The van der Waals surface area contributed by atoms with Gasteiger partial charge in [0.15, 0.2) is 0 Å². The van der Waals surface area contributed by atoms with Crippen LogP contribution in [0.25, 0.3) is 0 Å². The second-order valence-electron chi connectivity index (χ2n) is 4.37. The number of benzene rings is 1. The van der Waals surface area contributed by atoms with Crippen LogP contribution in [0.2, 0.25) is 0 Å².